The van der Waals surface area contributed by atoms with Gasteiger partial charge in [0.05, 0.1) is 0 Å². The van der Waals surface area contributed by atoms with Gasteiger partial charge < -0.3 is 10.6 Å². The molecular weight excluding hydrogens is 269 g/mol. The molecule has 1 saturated heterocycles. The monoisotopic (exact) mass is 286 g/mol. The van der Waals surface area contributed by atoms with Crippen LogP contribution in [-0.2, 0) is 4.79 Å². The topological polar surface area (TPSA) is 46.3 Å². The summed E-state index contributed by atoms with van der Waals surface area (Å²) < 4.78 is 38.3. The van der Waals surface area contributed by atoms with Crippen LogP contribution in [0.15, 0.2) is 0 Å². The summed E-state index contributed by atoms with van der Waals surface area (Å²) in [4.78, 5) is 13.3. The lowest BCUT2D eigenvalue weighted by atomic mass is 9.95. The van der Waals surface area contributed by atoms with E-state index in [2.05, 4.69) is 0 Å². The van der Waals surface area contributed by atoms with Crippen LogP contribution in [0.5, 0.6) is 0 Å². The summed E-state index contributed by atoms with van der Waals surface area (Å²) in [5, 5.41) is 0. The molecule has 1 amide bonds. The number of hydrogen-bond acceptors (Lipinski definition) is 2. The Kier molecular flexibility index (Phi) is 4.54. The average molecular weight is 287 g/mol. The number of rotatable bonds is 2. The minimum absolute atomic E-state index is 0. The first kappa shape index (κ1) is 15.6. The second-order valence-electron chi connectivity index (χ2n) is 5.05. The zero-order valence-corrected chi connectivity index (χ0v) is 10.8. The Labute approximate surface area is 110 Å². The molecule has 2 N–H and O–H groups in total. The van der Waals surface area contributed by atoms with Crippen molar-refractivity contribution in [3.05, 3.63) is 0 Å². The van der Waals surface area contributed by atoms with Crippen LogP contribution in [0.3, 0.4) is 0 Å². The summed E-state index contributed by atoms with van der Waals surface area (Å²) in [7, 11) is 0. The smallest absolute Gasteiger partial charge is 0.342 e. The first-order valence-corrected chi connectivity index (χ1v) is 5.97. The van der Waals surface area contributed by atoms with Crippen molar-refractivity contribution in [1.82, 2.24) is 4.90 Å². The van der Waals surface area contributed by atoms with Crippen molar-refractivity contribution in [2.75, 3.05) is 19.6 Å². The highest BCUT2D eigenvalue weighted by atomic mass is 35.5. The van der Waals surface area contributed by atoms with Crippen LogP contribution < -0.4 is 5.73 Å². The van der Waals surface area contributed by atoms with Gasteiger partial charge in [0.25, 0.3) is 0 Å². The molecular formula is C11H18ClF3N2O. The summed E-state index contributed by atoms with van der Waals surface area (Å²) in [5.74, 6) is -0.374. The van der Waals surface area contributed by atoms with E-state index in [-0.39, 0.29) is 25.2 Å². The predicted molar refractivity (Wildman–Crippen MR) is 63.3 cm³/mol. The van der Waals surface area contributed by atoms with Crippen LogP contribution in [0, 0.1) is 11.3 Å². The van der Waals surface area contributed by atoms with Crippen LogP contribution in [0.4, 0.5) is 13.2 Å². The quantitative estimate of drug-likeness (QED) is 0.843. The standard InChI is InChI=1S/C11H17F3N2O.ClH/c12-11(13,14)10(3-4-10)9(17)16-5-1-8(7-15)2-6-16;/h8H,1-7,15H2;1H. The van der Waals surface area contributed by atoms with Crippen LogP contribution in [0.1, 0.15) is 25.7 Å². The fourth-order valence-electron chi connectivity index (χ4n) is 2.42. The maximum Gasteiger partial charge on any atom is 0.403 e. The Morgan fingerprint density at radius 2 is 1.78 bits per heavy atom. The summed E-state index contributed by atoms with van der Waals surface area (Å²) in [6.07, 6.45) is -3.06. The highest BCUT2D eigenvalue weighted by Crippen LogP contribution is 2.58. The van der Waals surface area contributed by atoms with Gasteiger partial charge in [0.2, 0.25) is 5.91 Å². The zero-order chi connectivity index (χ0) is 12.7. The highest BCUT2D eigenvalue weighted by molar-refractivity contribution is 5.86. The molecule has 0 aromatic heterocycles. The van der Waals surface area contributed by atoms with Gasteiger partial charge >= 0.3 is 6.18 Å². The third kappa shape index (κ3) is 2.59. The Bertz CT molecular complexity index is 310. The number of carbonyl (C=O) groups is 1. The van der Waals surface area contributed by atoms with E-state index in [9.17, 15) is 18.0 Å². The lowest BCUT2D eigenvalue weighted by Crippen LogP contribution is -2.47. The second-order valence-corrected chi connectivity index (χ2v) is 5.05. The van der Waals surface area contributed by atoms with Gasteiger partial charge in [-0.1, -0.05) is 0 Å². The van der Waals surface area contributed by atoms with E-state index < -0.39 is 17.5 Å². The molecule has 1 aliphatic carbocycles. The molecule has 0 aromatic rings. The fraction of sp³-hybridized carbons (Fsp3) is 0.909. The Balaban J connectivity index is 0.00000162. The lowest BCUT2D eigenvalue weighted by Gasteiger charge is -2.34. The number of piperidine rings is 1. The maximum atomic E-state index is 12.8. The SMILES string of the molecule is Cl.NCC1CCN(C(=O)C2(C(F)(F)F)CC2)CC1. The molecule has 1 saturated carbocycles. The molecule has 106 valence electrons. The molecule has 0 aromatic carbocycles. The van der Waals surface area contributed by atoms with Gasteiger partial charge in [-0.25, -0.2) is 0 Å². The molecule has 3 nitrogen and oxygen atoms in total. The van der Waals surface area contributed by atoms with Gasteiger partial charge in [-0.05, 0) is 38.1 Å². The van der Waals surface area contributed by atoms with Crippen molar-refractivity contribution in [3.8, 4) is 0 Å². The maximum absolute atomic E-state index is 12.8. The van der Waals surface area contributed by atoms with Crippen molar-refractivity contribution in [3.63, 3.8) is 0 Å². The minimum Gasteiger partial charge on any atom is -0.342 e. The number of amides is 1. The molecule has 18 heavy (non-hydrogen) atoms. The third-order valence-electron chi connectivity index (χ3n) is 3.94. The number of carbonyl (C=O) groups excluding carboxylic acids is 1. The van der Waals surface area contributed by atoms with Crippen molar-refractivity contribution in [1.29, 1.82) is 0 Å². The van der Waals surface area contributed by atoms with Gasteiger partial charge in [-0.3, -0.25) is 4.79 Å². The predicted octanol–water partition coefficient (Wildman–Crippen LogP) is 1.95. The molecule has 2 aliphatic rings. The fourth-order valence-corrected chi connectivity index (χ4v) is 2.42. The number of nitrogens with two attached hydrogens (primary N) is 1. The Morgan fingerprint density at radius 3 is 2.11 bits per heavy atom. The molecule has 0 atom stereocenters. The lowest BCUT2D eigenvalue weighted by molar-refractivity contribution is -0.199. The molecule has 2 fully saturated rings. The van der Waals surface area contributed by atoms with Gasteiger partial charge in [0.1, 0.15) is 5.41 Å². The second kappa shape index (κ2) is 5.25. The first-order chi connectivity index (χ1) is 7.90. The van der Waals surface area contributed by atoms with Crippen molar-refractivity contribution in [2.24, 2.45) is 17.1 Å². The van der Waals surface area contributed by atoms with Crippen molar-refractivity contribution < 1.29 is 18.0 Å². The molecule has 0 radical (unpaired) electrons. The molecule has 1 aliphatic heterocycles. The summed E-state index contributed by atoms with van der Waals surface area (Å²) in [5.41, 5.74) is 3.46. The first-order valence-electron chi connectivity index (χ1n) is 5.97. The van der Waals surface area contributed by atoms with Crippen LogP contribution in [-0.4, -0.2) is 36.6 Å². The van der Waals surface area contributed by atoms with E-state index in [4.69, 9.17) is 5.73 Å². The normalized spacial score (nSPS) is 23.4. The van der Waals surface area contributed by atoms with Crippen LogP contribution >= 0.6 is 12.4 Å². The van der Waals surface area contributed by atoms with E-state index in [0.717, 1.165) is 12.8 Å². The summed E-state index contributed by atoms with van der Waals surface area (Å²) >= 11 is 0. The van der Waals surface area contributed by atoms with Gasteiger partial charge in [0.15, 0.2) is 0 Å². The molecule has 0 unspecified atom stereocenters. The van der Waals surface area contributed by atoms with E-state index >= 15 is 0 Å². The highest BCUT2D eigenvalue weighted by Gasteiger charge is 2.69. The van der Waals surface area contributed by atoms with E-state index in [1.165, 1.54) is 4.90 Å². The zero-order valence-electron chi connectivity index (χ0n) is 10.0. The van der Waals surface area contributed by atoms with Gasteiger partial charge in [-0.2, -0.15) is 13.2 Å². The van der Waals surface area contributed by atoms with Gasteiger partial charge in [0, 0.05) is 13.1 Å². The molecule has 0 bridgehead atoms. The number of alkyl halides is 3. The third-order valence-corrected chi connectivity index (χ3v) is 3.94. The average Bonchev–Trinajstić information content (AvgIpc) is 3.08. The largest absolute Gasteiger partial charge is 0.403 e. The number of nitrogens with zero attached hydrogens (tertiary/aromatic N) is 1. The molecule has 7 heteroatoms. The molecule has 0 spiro atoms. The molecule has 1 heterocycles. The van der Waals surface area contributed by atoms with Crippen LogP contribution in [0.2, 0.25) is 0 Å². The van der Waals surface area contributed by atoms with E-state index in [0.29, 0.717) is 25.6 Å². The number of halogens is 4. The van der Waals surface area contributed by atoms with Gasteiger partial charge in [-0.15, -0.1) is 12.4 Å². The Morgan fingerprint density at radius 1 is 1.28 bits per heavy atom. The number of likely N-dealkylation sites (tertiary alicyclic amines) is 1. The summed E-state index contributed by atoms with van der Waals surface area (Å²) in [6, 6.07) is 0. The van der Waals surface area contributed by atoms with Crippen molar-refractivity contribution in [2.45, 2.75) is 31.9 Å². The number of hydrogen-bond donors (Lipinski definition) is 1. The summed E-state index contributed by atoms with van der Waals surface area (Å²) in [6.45, 7) is 1.38. The van der Waals surface area contributed by atoms with Crippen LogP contribution in [0.25, 0.3) is 0 Å². The van der Waals surface area contributed by atoms with E-state index in [1.807, 2.05) is 0 Å². The minimum atomic E-state index is -4.39. The Hall–Kier alpha value is -0.490. The van der Waals surface area contributed by atoms with Crippen molar-refractivity contribution >= 4 is 18.3 Å². The van der Waals surface area contributed by atoms with E-state index in [1.54, 1.807) is 0 Å². The molecule has 2 rings (SSSR count).